The van der Waals surface area contributed by atoms with Crippen LogP contribution in [-0.2, 0) is 29.5 Å². The molecular weight excluding hydrogens is 436 g/mol. The van der Waals surface area contributed by atoms with Crippen molar-refractivity contribution in [3.8, 4) is 0 Å². The van der Waals surface area contributed by atoms with Crippen LogP contribution in [0.4, 0.5) is 5.13 Å². The van der Waals surface area contributed by atoms with Crippen molar-refractivity contribution >= 4 is 62.5 Å². The van der Waals surface area contributed by atoms with Crippen LogP contribution in [0.25, 0.3) is 0 Å². The second kappa shape index (κ2) is 9.18. The van der Waals surface area contributed by atoms with Gasteiger partial charge in [0.1, 0.15) is 24.2 Å². The molecule has 16 heteroatoms. The average Bonchev–Trinajstić information content (AvgIpc) is 3.04. The molecular formula is C12H16N6O7S3. The fraction of sp³-hybridized carbons (Fsp3) is 0.417. The standard InChI is InChI=1S/C12H16N6O7S3/c1-25-17-7(6-4-27-12(13)15-6)9(20)16-8-10(21)18(28(22,23)24)11(8)26-3-2-14-5-19/h4-5,8,11H,2-3H2,1H3,(H2,13,15)(H,14,19)(H,16,20)(H,22,23,24). The lowest BCUT2D eigenvalue weighted by Crippen LogP contribution is -2.71. The lowest BCUT2D eigenvalue weighted by molar-refractivity contribution is -0.141. The number of thiazole rings is 1. The van der Waals surface area contributed by atoms with Crippen molar-refractivity contribution in [3.63, 3.8) is 0 Å². The minimum atomic E-state index is -4.82. The molecule has 2 heterocycles. The number of nitrogens with one attached hydrogen (secondary N) is 2. The molecule has 28 heavy (non-hydrogen) atoms. The Morgan fingerprint density at radius 1 is 1.61 bits per heavy atom. The molecule has 1 saturated heterocycles. The van der Waals surface area contributed by atoms with Crippen LogP contribution in [0.3, 0.4) is 0 Å². The minimum Gasteiger partial charge on any atom is -0.398 e. The summed E-state index contributed by atoms with van der Waals surface area (Å²) in [6.07, 6.45) is 0.458. The molecule has 3 amide bonds. The molecule has 1 aliphatic rings. The second-order valence-electron chi connectivity index (χ2n) is 5.09. The van der Waals surface area contributed by atoms with Crippen molar-refractivity contribution < 1.29 is 32.2 Å². The Morgan fingerprint density at radius 2 is 2.32 bits per heavy atom. The van der Waals surface area contributed by atoms with Gasteiger partial charge < -0.3 is 21.2 Å². The average molecular weight is 452 g/mol. The summed E-state index contributed by atoms with van der Waals surface area (Å²) < 4.78 is 32.3. The number of amides is 3. The highest BCUT2D eigenvalue weighted by molar-refractivity contribution is 8.00. The van der Waals surface area contributed by atoms with E-state index < -0.39 is 33.5 Å². The van der Waals surface area contributed by atoms with Crippen LogP contribution in [0, 0.1) is 0 Å². The van der Waals surface area contributed by atoms with Crippen LogP contribution >= 0.6 is 23.1 Å². The predicted octanol–water partition coefficient (Wildman–Crippen LogP) is -1.99. The summed E-state index contributed by atoms with van der Waals surface area (Å²) in [6, 6.07) is -1.26. The number of nitrogens with two attached hydrogens (primary N) is 1. The Labute approximate surface area is 167 Å². The van der Waals surface area contributed by atoms with Gasteiger partial charge in [-0.15, -0.1) is 23.1 Å². The van der Waals surface area contributed by atoms with E-state index in [1.165, 1.54) is 12.5 Å². The third-order valence-electron chi connectivity index (χ3n) is 3.32. The van der Waals surface area contributed by atoms with Crippen LogP contribution in [0.2, 0.25) is 0 Å². The number of nitrogens with zero attached hydrogens (tertiary/aromatic N) is 3. The van der Waals surface area contributed by atoms with E-state index in [1.54, 1.807) is 0 Å². The van der Waals surface area contributed by atoms with E-state index in [9.17, 15) is 27.4 Å². The minimum absolute atomic E-state index is 0.111. The number of oxime groups is 1. The van der Waals surface area contributed by atoms with E-state index in [0.29, 0.717) is 6.41 Å². The topological polar surface area (TPSA) is 193 Å². The number of carbonyl (C=O) groups excluding carboxylic acids is 3. The zero-order chi connectivity index (χ0) is 20.9. The van der Waals surface area contributed by atoms with Crippen LogP contribution in [0.15, 0.2) is 10.5 Å². The quantitative estimate of drug-likeness (QED) is 0.0771. The Balaban J connectivity index is 2.16. The van der Waals surface area contributed by atoms with Gasteiger partial charge in [0, 0.05) is 17.7 Å². The SMILES string of the molecule is CON=C(C(=O)NC1C(=O)N(S(=O)(=O)O)C1SCCNC=O)c1csc(N)n1. The third kappa shape index (κ3) is 4.89. The molecule has 0 radical (unpaired) electrons. The molecule has 0 aliphatic carbocycles. The Morgan fingerprint density at radius 3 is 2.86 bits per heavy atom. The number of hydrogen-bond acceptors (Lipinski definition) is 11. The number of thioether (sulfide) groups is 1. The molecule has 0 aromatic carbocycles. The van der Waals surface area contributed by atoms with Crippen molar-refractivity contribution in [3.05, 3.63) is 11.1 Å². The van der Waals surface area contributed by atoms with E-state index in [1.807, 2.05) is 0 Å². The molecule has 1 aliphatic heterocycles. The summed E-state index contributed by atoms with van der Waals surface area (Å²) in [5.74, 6) is -1.65. The molecule has 13 nitrogen and oxygen atoms in total. The smallest absolute Gasteiger partial charge is 0.363 e. The molecule has 1 fully saturated rings. The molecule has 1 aromatic heterocycles. The first-order valence-corrected chi connectivity index (χ1v) is 10.8. The van der Waals surface area contributed by atoms with Crippen molar-refractivity contribution in [2.24, 2.45) is 5.16 Å². The molecule has 5 N–H and O–H groups in total. The lowest BCUT2D eigenvalue weighted by atomic mass is 10.1. The number of hydrogen-bond donors (Lipinski definition) is 4. The lowest BCUT2D eigenvalue weighted by Gasteiger charge is -2.43. The molecule has 2 unspecified atom stereocenters. The van der Waals surface area contributed by atoms with Gasteiger partial charge in [-0.25, -0.2) is 4.98 Å². The van der Waals surface area contributed by atoms with Gasteiger partial charge in [0.15, 0.2) is 10.8 Å². The number of carbonyl (C=O) groups is 3. The third-order valence-corrected chi connectivity index (χ3v) is 6.29. The van der Waals surface area contributed by atoms with E-state index >= 15 is 0 Å². The largest absolute Gasteiger partial charge is 0.398 e. The van der Waals surface area contributed by atoms with Crippen LogP contribution in [0.5, 0.6) is 0 Å². The maximum atomic E-state index is 12.5. The first-order valence-electron chi connectivity index (χ1n) is 7.43. The molecule has 154 valence electrons. The van der Waals surface area contributed by atoms with Gasteiger partial charge in [0.2, 0.25) is 6.41 Å². The zero-order valence-electron chi connectivity index (χ0n) is 14.3. The van der Waals surface area contributed by atoms with Gasteiger partial charge in [-0.3, -0.25) is 18.9 Å². The van der Waals surface area contributed by atoms with Gasteiger partial charge >= 0.3 is 10.3 Å². The van der Waals surface area contributed by atoms with Crippen LogP contribution in [0.1, 0.15) is 5.69 Å². The van der Waals surface area contributed by atoms with E-state index in [0.717, 1.165) is 23.1 Å². The number of rotatable bonds is 10. The van der Waals surface area contributed by atoms with Gasteiger partial charge in [-0.1, -0.05) is 5.16 Å². The monoisotopic (exact) mass is 452 g/mol. The maximum Gasteiger partial charge on any atom is 0.363 e. The van der Waals surface area contributed by atoms with E-state index in [2.05, 4.69) is 25.6 Å². The van der Waals surface area contributed by atoms with Crippen molar-refractivity contribution in [2.75, 3.05) is 25.1 Å². The summed E-state index contributed by atoms with van der Waals surface area (Å²) >= 11 is 2.00. The van der Waals surface area contributed by atoms with E-state index in [4.69, 9.17) is 5.73 Å². The molecule has 1 aromatic rings. The predicted molar refractivity (Wildman–Crippen MR) is 101 cm³/mol. The molecule has 0 saturated carbocycles. The Hall–Kier alpha value is -2.43. The molecule has 2 rings (SSSR count). The van der Waals surface area contributed by atoms with E-state index in [-0.39, 0.29) is 33.1 Å². The summed E-state index contributed by atoms with van der Waals surface area (Å²) in [4.78, 5) is 43.5. The fourth-order valence-electron chi connectivity index (χ4n) is 2.18. The van der Waals surface area contributed by atoms with Gasteiger partial charge in [0.25, 0.3) is 11.8 Å². The van der Waals surface area contributed by atoms with Crippen molar-refractivity contribution in [1.82, 2.24) is 19.9 Å². The summed E-state index contributed by atoms with van der Waals surface area (Å²) in [5, 5.41) is 8.82. The van der Waals surface area contributed by atoms with Gasteiger partial charge in [-0.05, 0) is 0 Å². The Bertz CT molecular complexity index is 886. The highest BCUT2D eigenvalue weighted by Gasteiger charge is 2.54. The van der Waals surface area contributed by atoms with Gasteiger partial charge in [0.05, 0.1) is 0 Å². The van der Waals surface area contributed by atoms with Crippen molar-refractivity contribution in [1.29, 1.82) is 0 Å². The fourth-order valence-corrected chi connectivity index (χ4v) is 5.05. The number of aromatic nitrogens is 1. The first kappa shape index (κ1) is 21.9. The maximum absolute atomic E-state index is 12.5. The highest BCUT2D eigenvalue weighted by Crippen LogP contribution is 2.32. The van der Waals surface area contributed by atoms with Crippen LogP contribution < -0.4 is 16.4 Å². The number of anilines is 1. The number of nitrogen functional groups attached to an aromatic ring is 1. The zero-order valence-corrected chi connectivity index (χ0v) is 16.7. The van der Waals surface area contributed by atoms with Crippen molar-refractivity contribution in [2.45, 2.75) is 11.4 Å². The normalized spacial score (nSPS) is 19.7. The number of β-lactam (4-membered cyclic amide) rings is 1. The summed E-state index contributed by atoms with van der Waals surface area (Å²) in [7, 11) is -3.61. The summed E-state index contributed by atoms with van der Waals surface area (Å²) in [6.45, 7) is 0.188. The van der Waals surface area contributed by atoms with Crippen LogP contribution in [-0.4, -0.2) is 77.0 Å². The molecule has 0 spiro atoms. The summed E-state index contributed by atoms with van der Waals surface area (Å²) in [5.41, 5.74) is 5.38. The molecule has 2 atom stereocenters. The van der Waals surface area contributed by atoms with Gasteiger partial charge in [-0.2, -0.15) is 12.7 Å². The second-order valence-corrected chi connectivity index (χ2v) is 8.49. The Kier molecular flexibility index (Phi) is 7.17. The first-order chi connectivity index (χ1) is 13.2. The molecule has 0 bridgehead atoms. The highest BCUT2D eigenvalue weighted by atomic mass is 32.2.